The number of rotatable bonds is 5. The maximum Gasteiger partial charge on any atom is 0.332 e. The molecular formula is C23H23N3O4. The van der Waals surface area contributed by atoms with Crippen LogP contribution in [0.1, 0.15) is 30.5 Å². The summed E-state index contributed by atoms with van der Waals surface area (Å²) in [5, 5.41) is 10.6. The second kappa shape index (κ2) is 7.33. The minimum atomic E-state index is -1.06. The van der Waals surface area contributed by atoms with Crippen molar-refractivity contribution in [3.63, 3.8) is 0 Å². The van der Waals surface area contributed by atoms with Gasteiger partial charge in [0.05, 0.1) is 23.9 Å². The van der Waals surface area contributed by atoms with Crippen LogP contribution < -0.4 is 11.2 Å². The van der Waals surface area contributed by atoms with E-state index in [1.165, 1.54) is 0 Å². The fourth-order valence-electron chi connectivity index (χ4n) is 4.25. The predicted octanol–water partition coefficient (Wildman–Crippen LogP) is 3.05. The maximum absolute atomic E-state index is 13.4. The van der Waals surface area contributed by atoms with E-state index in [2.05, 4.69) is 0 Å². The number of nitrogens with zero attached hydrogens (tertiary/aromatic N) is 3. The van der Waals surface area contributed by atoms with Gasteiger partial charge in [-0.2, -0.15) is 0 Å². The molecule has 0 radical (unpaired) electrons. The Bertz CT molecular complexity index is 1410. The Hall–Kier alpha value is -3.61. The topological polar surface area (TPSA) is 86.2 Å². The zero-order chi connectivity index (χ0) is 21.6. The highest BCUT2D eigenvalue weighted by molar-refractivity contribution is 5.87. The first-order valence-electron chi connectivity index (χ1n) is 9.79. The summed E-state index contributed by atoms with van der Waals surface area (Å²) >= 11 is 0. The van der Waals surface area contributed by atoms with Crippen LogP contribution in [0.5, 0.6) is 0 Å². The van der Waals surface area contributed by atoms with E-state index >= 15 is 0 Å². The van der Waals surface area contributed by atoms with Crippen molar-refractivity contribution in [2.45, 2.75) is 32.9 Å². The number of hydrogen-bond donors (Lipinski definition) is 1. The minimum absolute atomic E-state index is 0.279. The van der Waals surface area contributed by atoms with Crippen LogP contribution in [0.2, 0.25) is 0 Å². The summed E-state index contributed by atoms with van der Waals surface area (Å²) in [4.78, 5) is 37.6. The van der Waals surface area contributed by atoms with E-state index in [9.17, 15) is 14.4 Å². The van der Waals surface area contributed by atoms with Gasteiger partial charge in [0.2, 0.25) is 0 Å². The van der Waals surface area contributed by atoms with E-state index in [1.807, 2.05) is 42.9 Å². The molecule has 1 N–H and O–H groups in total. The van der Waals surface area contributed by atoms with Gasteiger partial charge in [0.1, 0.15) is 0 Å². The van der Waals surface area contributed by atoms with Crippen LogP contribution >= 0.6 is 0 Å². The predicted molar refractivity (Wildman–Crippen MR) is 116 cm³/mol. The summed E-state index contributed by atoms with van der Waals surface area (Å²) < 4.78 is 4.65. The van der Waals surface area contributed by atoms with Crippen LogP contribution in [-0.2, 0) is 18.4 Å². The molecule has 0 spiro atoms. The average molecular weight is 405 g/mol. The lowest BCUT2D eigenvalue weighted by atomic mass is 10.1. The second-order valence-electron chi connectivity index (χ2n) is 7.74. The number of benzene rings is 2. The lowest BCUT2D eigenvalue weighted by Crippen LogP contribution is -2.42. The smallest absolute Gasteiger partial charge is 0.332 e. The third-order valence-electron chi connectivity index (χ3n) is 5.62. The van der Waals surface area contributed by atoms with Crippen molar-refractivity contribution in [1.82, 2.24) is 13.7 Å². The quantitative estimate of drug-likeness (QED) is 0.553. The summed E-state index contributed by atoms with van der Waals surface area (Å²) in [7, 11) is 1.96. The highest BCUT2D eigenvalue weighted by Gasteiger charge is 2.20. The van der Waals surface area contributed by atoms with Crippen LogP contribution in [-0.4, -0.2) is 24.8 Å². The summed E-state index contributed by atoms with van der Waals surface area (Å²) in [5.74, 6) is -1.06. The van der Waals surface area contributed by atoms with Crippen molar-refractivity contribution in [3.8, 4) is 0 Å². The molecule has 0 bridgehead atoms. The fraction of sp³-hybridized carbons (Fsp3) is 0.261. The molecule has 7 nitrogen and oxygen atoms in total. The highest BCUT2D eigenvalue weighted by Crippen LogP contribution is 2.25. The van der Waals surface area contributed by atoms with Crippen LogP contribution in [0.4, 0.5) is 0 Å². The Morgan fingerprint density at radius 1 is 1.07 bits per heavy atom. The molecule has 0 amide bonds. The monoisotopic (exact) mass is 405 g/mol. The molecule has 0 aliphatic rings. The van der Waals surface area contributed by atoms with Gasteiger partial charge in [-0.05, 0) is 43.2 Å². The molecule has 2 aromatic heterocycles. The number of fused-ring (bicyclic) bond motifs is 2. The molecule has 7 heteroatoms. The molecule has 1 unspecified atom stereocenters. The van der Waals surface area contributed by atoms with Gasteiger partial charge < -0.3 is 9.67 Å². The standard InChI is InChI=1S/C23H23N3O4/c1-14-7-6-10-19-21(14)16(12-24(19)3)13-25-18-9-5-4-8-17(18)22(29)26(23(25)30)15(2)11-20(27)28/h4-10,12,15H,11,13H2,1-3H3,(H,27,28). The first kappa shape index (κ1) is 19.7. The van der Waals surface area contributed by atoms with Crippen molar-refractivity contribution in [1.29, 1.82) is 0 Å². The van der Waals surface area contributed by atoms with Gasteiger partial charge in [0.25, 0.3) is 5.56 Å². The minimum Gasteiger partial charge on any atom is -0.481 e. The van der Waals surface area contributed by atoms with Crippen molar-refractivity contribution in [3.05, 3.63) is 80.6 Å². The number of para-hydroxylation sites is 1. The Balaban J connectivity index is 1.99. The summed E-state index contributed by atoms with van der Waals surface area (Å²) in [5.41, 5.74) is 2.71. The van der Waals surface area contributed by atoms with E-state index in [1.54, 1.807) is 35.8 Å². The zero-order valence-electron chi connectivity index (χ0n) is 17.1. The molecule has 0 aliphatic heterocycles. The molecule has 154 valence electrons. The number of aromatic nitrogens is 3. The van der Waals surface area contributed by atoms with Crippen LogP contribution in [0, 0.1) is 6.92 Å². The number of aliphatic carboxylic acids is 1. The van der Waals surface area contributed by atoms with Gasteiger partial charge in [-0.1, -0.05) is 24.3 Å². The number of carboxylic acid groups (broad SMARTS) is 1. The van der Waals surface area contributed by atoms with Gasteiger partial charge in [-0.25, -0.2) is 4.79 Å². The third-order valence-corrected chi connectivity index (χ3v) is 5.62. The van der Waals surface area contributed by atoms with Gasteiger partial charge >= 0.3 is 11.7 Å². The molecule has 0 saturated carbocycles. The number of hydrogen-bond acceptors (Lipinski definition) is 3. The summed E-state index contributed by atoms with van der Waals surface area (Å²) in [6, 6.07) is 12.3. The van der Waals surface area contributed by atoms with E-state index in [0.717, 1.165) is 26.6 Å². The van der Waals surface area contributed by atoms with Crippen LogP contribution in [0.15, 0.2) is 58.3 Å². The SMILES string of the molecule is Cc1cccc2c1c(Cn1c(=O)n(C(C)CC(=O)O)c(=O)c3ccccc31)cn2C. The van der Waals surface area contributed by atoms with Gasteiger partial charge in [-0.3, -0.25) is 18.7 Å². The Kier molecular flexibility index (Phi) is 4.81. The average Bonchev–Trinajstić information content (AvgIpc) is 3.01. The van der Waals surface area contributed by atoms with Crippen molar-refractivity contribution in [2.24, 2.45) is 7.05 Å². The maximum atomic E-state index is 13.4. The van der Waals surface area contributed by atoms with Crippen molar-refractivity contribution < 1.29 is 9.90 Å². The summed E-state index contributed by atoms with van der Waals surface area (Å²) in [6.07, 6.45) is 1.69. The highest BCUT2D eigenvalue weighted by atomic mass is 16.4. The van der Waals surface area contributed by atoms with Gasteiger partial charge in [0.15, 0.2) is 0 Å². The van der Waals surface area contributed by atoms with Gasteiger partial charge in [0, 0.05) is 30.2 Å². The number of carboxylic acids is 1. The Morgan fingerprint density at radius 2 is 1.77 bits per heavy atom. The Labute approximate surface area is 172 Å². The lowest BCUT2D eigenvalue weighted by molar-refractivity contribution is -0.137. The molecule has 0 fully saturated rings. The molecule has 0 saturated heterocycles. The molecule has 30 heavy (non-hydrogen) atoms. The molecule has 4 aromatic rings. The second-order valence-corrected chi connectivity index (χ2v) is 7.74. The molecule has 2 heterocycles. The molecule has 4 rings (SSSR count). The van der Waals surface area contributed by atoms with E-state index in [0.29, 0.717) is 10.9 Å². The number of carbonyl (C=O) groups is 1. The van der Waals surface area contributed by atoms with Crippen molar-refractivity contribution in [2.75, 3.05) is 0 Å². The molecule has 1 atom stereocenters. The number of aryl methyl sites for hydroxylation is 2. The van der Waals surface area contributed by atoms with E-state index in [4.69, 9.17) is 5.11 Å². The first-order valence-corrected chi connectivity index (χ1v) is 9.79. The molecular weight excluding hydrogens is 382 g/mol. The molecule has 0 aliphatic carbocycles. The third kappa shape index (κ3) is 3.12. The van der Waals surface area contributed by atoms with Crippen LogP contribution in [0.25, 0.3) is 21.8 Å². The first-order chi connectivity index (χ1) is 14.3. The van der Waals surface area contributed by atoms with Crippen molar-refractivity contribution >= 4 is 27.8 Å². The normalized spacial score (nSPS) is 12.5. The summed E-state index contributed by atoms with van der Waals surface area (Å²) in [6.45, 7) is 3.89. The van der Waals surface area contributed by atoms with Crippen LogP contribution in [0.3, 0.4) is 0 Å². The van der Waals surface area contributed by atoms with Gasteiger partial charge in [-0.15, -0.1) is 0 Å². The van der Waals surface area contributed by atoms with E-state index < -0.39 is 23.3 Å². The largest absolute Gasteiger partial charge is 0.481 e. The lowest BCUT2D eigenvalue weighted by Gasteiger charge is -2.17. The molecule has 2 aromatic carbocycles. The zero-order valence-corrected chi connectivity index (χ0v) is 17.1. The Morgan fingerprint density at radius 3 is 2.50 bits per heavy atom. The fourth-order valence-corrected chi connectivity index (χ4v) is 4.25. The van der Waals surface area contributed by atoms with E-state index in [-0.39, 0.29) is 13.0 Å².